The van der Waals surface area contributed by atoms with E-state index >= 15 is 0 Å². The molecule has 0 radical (unpaired) electrons. The number of carbonyl (C=O) groups excluding carboxylic acids is 4. The van der Waals surface area contributed by atoms with Crippen LogP contribution in [0.3, 0.4) is 0 Å². The van der Waals surface area contributed by atoms with Gasteiger partial charge in [0.05, 0.1) is 19.8 Å². The molecule has 1 amide bonds. The fraction of sp³-hybridized carbons (Fsp3) is 0.765. The minimum atomic E-state index is -0.413. The lowest BCUT2D eigenvalue weighted by Gasteiger charge is -2.12. The summed E-state index contributed by atoms with van der Waals surface area (Å²) < 4.78 is 10.5. The molecule has 0 heterocycles. The van der Waals surface area contributed by atoms with Crippen molar-refractivity contribution in [1.82, 2.24) is 5.32 Å². The van der Waals surface area contributed by atoms with E-state index in [1.54, 1.807) is 6.92 Å². The first-order valence-corrected chi connectivity index (χ1v) is 8.30. The third kappa shape index (κ3) is 12.9. The summed E-state index contributed by atoms with van der Waals surface area (Å²) in [7, 11) is 0. The van der Waals surface area contributed by atoms with Crippen molar-refractivity contribution in [1.29, 1.82) is 0 Å². The van der Waals surface area contributed by atoms with Gasteiger partial charge in [-0.2, -0.15) is 0 Å². The van der Waals surface area contributed by atoms with Crippen molar-refractivity contribution in [2.24, 2.45) is 5.92 Å². The van der Waals surface area contributed by atoms with Crippen LogP contribution in [-0.2, 0) is 28.7 Å². The van der Waals surface area contributed by atoms with Crippen LogP contribution in [0.1, 0.15) is 46.5 Å². The highest BCUT2D eigenvalue weighted by molar-refractivity contribution is 5.87. The summed E-state index contributed by atoms with van der Waals surface area (Å²) in [4.78, 5) is 45.2. The Hall–Kier alpha value is -1.60. The van der Waals surface area contributed by atoms with E-state index in [-0.39, 0.29) is 42.9 Å². The van der Waals surface area contributed by atoms with Crippen LogP contribution in [0.2, 0.25) is 0 Å². The van der Waals surface area contributed by atoms with Crippen LogP contribution in [0, 0.1) is 5.92 Å². The number of ether oxygens (including phenoxy) is 2. The predicted molar refractivity (Wildman–Crippen MR) is 88.6 cm³/mol. The van der Waals surface area contributed by atoms with E-state index in [1.807, 2.05) is 0 Å². The number of hydrogen-bond acceptors (Lipinski definition) is 6. The zero-order chi connectivity index (χ0) is 18.4. The number of amides is 1. The Morgan fingerprint density at radius 2 is 1.67 bits per heavy atom. The molecule has 0 saturated carbocycles. The Bertz CT molecular complexity index is 421. The monoisotopic (exact) mass is 343 g/mol. The molecule has 0 aliphatic rings. The molecule has 0 aromatic heterocycles. The van der Waals surface area contributed by atoms with Crippen molar-refractivity contribution in [3.8, 4) is 0 Å². The van der Waals surface area contributed by atoms with E-state index in [0.29, 0.717) is 39.0 Å². The third-order valence-electron chi connectivity index (χ3n) is 3.42. The molecular formula is C17H29NO6. The van der Waals surface area contributed by atoms with Gasteiger partial charge in [0.25, 0.3) is 0 Å². The van der Waals surface area contributed by atoms with Crippen LogP contribution >= 0.6 is 0 Å². The van der Waals surface area contributed by atoms with Crippen molar-refractivity contribution >= 4 is 23.3 Å². The number of hydrogen-bond donors (Lipinski definition) is 1. The normalized spacial score (nSPS) is 11.8. The van der Waals surface area contributed by atoms with Gasteiger partial charge in [-0.25, -0.2) is 0 Å². The van der Waals surface area contributed by atoms with Gasteiger partial charge in [0, 0.05) is 31.7 Å². The summed E-state index contributed by atoms with van der Waals surface area (Å²) in [5.41, 5.74) is 0. The highest BCUT2D eigenvalue weighted by Crippen LogP contribution is 2.13. The van der Waals surface area contributed by atoms with Gasteiger partial charge in [0.2, 0.25) is 5.91 Å². The lowest BCUT2D eigenvalue weighted by atomic mass is 9.93. The Labute approximate surface area is 143 Å². The largest absolute Gasteiger partial charge is 0.377 e. The molecule has 1 atom stereocenters. The summed E-state index contributed by atoms with van der Waals surface area (Å²) >= 11 is 0. The molecule has 0 fully saturated rings. The number of ketones is 3. The van der Waals surface area contributed by atoms with Crippen LogP contribution in [0.4, 0.5) is 0 Å². The van der Waals surface area contributed by atoms with Crippen LogP contribution < -0.4 is 5.32 Å². The molecule has 0 rings (SSSR count). The summed E-state index contributed by atoms with van der Waals surface area (Å²) in [6.07, 6.45) is 1.26. The summed E-state index contributed by atoms with van der Waals surface area (Å²) in [5.74, 6) is -0.665. The van der Waals surface area contributed by atoms with Crippen LogP contribution in [0.25, 0.3) is 0 Å². The average molecular weight is 343 g/mol. The molecule has 1 N–H and O–H groups in total. The molecule has 0 spiro atoms. The van der Waals surface area contributed by atoms with Crippen molar-refractivity contribution in [2.75, 3.05) is 33.0 Å². The Balaban J connectivity index is 3.71. The van der Waals surface area contributed by atoms with Crippen molar-refractivity contribution in [3.05, 3.63) is 0 Å². The second-order valence-corrected chi connectivity index (χ2v) is 5.66. The molecule has 0 aromatic carbocycles. The molecule has 0 aliphatic carbocycles. The van der Waals surface area contributed by atoms with Crippen molar-refractivity contribution in [2.45, 2.75) is 46.5 Å². The van der Waals surface area contributed by atoms with Gasteiger partial charge in [-0.05, 0) is 20.3 Å². The molecule has 0 bridgehead atoms. The molecule has 7 nitrogen and oxygen atoms in total. The molecule has 24 heavy (non-hydrogen) atoms. The summed E-state index contributed by atoms with van der Waals surface area (Å²) in [5, 5.41) is 2.68. The standard InChI is InChI=1S/C17H29NO6/c1-4-17(22)18-7-8-23-9-10-24-12-16(21)11-15(14(3)20)6-5-13(2)19/h15H,4-12H2,1-3H3,(H,18,22)/t15-/m1/s1. The topological polar surface area (TPSA) is 98.8 Å². The van der Waals surface area contributed by atoms with Crippen LogP contribution in [-0.4, -0.2) is 56.2 Å². The Morgan fingerprint density at radius 3 is 2.25 bits per heavy atom. The lowest BCUT2D eigenvalue weighted by molar-refractivity contribution is -0.130. The van der Waals surface area contributed by atoms with Crippen molar-refractivity contribution < 1.29 is 28.7 Å². The Morgan fingerprint density at radius 1 is 1.00 bits per heavy atom. The number of carbonyl (C=O) groups is 4. The first kappa shape index (κ1) is 22.4. The predicted octanol–water partition coefficient (Wildman–Crippen LogP) is 1.08. The van der Waals surface area contributed by atoms with E-state index < -0.39 is 5.92 Å². The molecule has 0 saturated heterocycles. The van der Waals surface area contributed by atoms with E-state index in [9.17, 15) is 19.2 Å². The highest BCUT2D eigenvalue weighted by atomic mass is 16.5. The van der Waals surface area contributed by atoms with Crippen molar-refractivity contribution in [3.63, 3.8) is 0 Å². The first-order chi connectivity index (χ1) is 11.4. The number of nitrogens with one attached hydrogen (secondary N) is 1. The quantitative estimate of drug-likeness (QED) is 0.447. The van der Waals surface area contributed by atoms with E-state index in [1.165, 1.54) is 13.8 Å². The van der Waals surface area contributed by atoms with Gasteiger partial charge in [-0.15, -0.1) is 0 Å². The minimum Gasteiger partial charge on any atom is -0.377 e. The smallest absolute Gasteiger partial charge is 0.219 e. The van der Waals surface area contributed by atoms with Gasteiger partial charge in [-0.1, -0.05) is 6.92 Å². The molecular weight excluding hydrogens is 314 g/mol. The Kier molecular flexibility index (Phi) is 12.9. The van der Waals surface area contributed by atoms with Gasteiger partial charge in [-0.3, -0.25) is 14.4 Å². The van der Waals surface area contributed by atoms with Gasteiger partial charge in [0.1, 0.15) is 18.2 Å². The lowest BCUT2D eigenvalue weighted by Crippen LogP contribution is -2.26. The second kappa shape index (κ2) is 13.8. The number of rotatable bonds is 15. The zero-order valence-corrected chi connectivity index (χ0v) is 14.9. The molecule has 0 aromatic rings. The van der Waals surface area contributed by atoms with E-state index in [4.69, 9.17) is 9.47 Å². The highest BCUT2D eigenvalue weighted by Gasteiger charge is 2.18. The number of Topliss-reactive ketones (excluding diaryl/α,β-unsaturated/α-hetero) is 3. The molecule has 7 heteroatoms. The minimum absolute atomic E-state index is 0.0113. The summed E-state index contributed by atoms with van der Waals surface area (Å²) in [6, 6.07) is 0. The van der Waals surface area contributed by atoms with E-state index in [0.717, 1.165) is 0 Å². The SMILES string of the molecule is CCC(=O)NCCOCCOCC(=O)C[C@@H](CCC(C)=O)C(C)=O. The maximum Gasteiger partial charge on any atom is 0.219 e. The average Bonchev–Trinajstić information content (AvgIpc) is 2.52. The van der Waals surface area contributed by atoms with Gasteiger partial charge < -0.3 is 19.6 Å². The van der Waals surface area contributed by atoms with Gasteiger partial charge >= 0.3 is 0 Å². The zero-order valence-electron chi connectivity index (χ0n) is 14.9. The first-order valence-electron chi connectivity index (χ1n) is 8.30. The van der Waals surface area contributed by atoms with Crippen LogP contribution in [0.15, 0.2) is 0 Å². The van der Waals surface area contributed by atoms with E-state index in [2.05, 4.69) is 5.32 Å². The second-order valence-electron chi connectivity index (χ2n) is 5.66. The molecule has 0 unspecified atom stereocenters. The fourth-order valence-corrected chi connectivity index (χ4v) is 1.95. The van der Waals surface area contributed by atoms with Gasteiger partial charge in [0.15, 0.2) is 5.78 Å². The molecule has 0 aliphatic heterocycles. The molecule has 138 valence electrons. The fourth-order valence-electron chi connectivity index (χ4n) is 1.95. The maximum absolute atomic E-state index is 11.8. The maximum atomic E-state index is 11.8. The third-order valence-corrected chi connectivity index (χ3v) is 3.42. The van der Waals surface area contributed by atoms with Crippen LogP contribution in [0.5, 0.6) is 0 Å². The summed E-state index contributed by atoms with van der Waals surface area (Å²) in [6.45, 7) is 6.04.